The Morgan fingerprint density at radius 1 is 1.42 bits per heavy atom. The molecule has 1 N–H and O–H groups in total. The molecule has 0 aliphatic heterocycles. The lowest BCUT2D eigenvalue weighted by Gasteiger charge is -2.19. The van der Waals surface area contributed by atoms with Gasteiger partial charge >= 0.3 is 0 Å². The second-order valence-electron chi connectivity index (χ2n) is 5.10. The first-order valence-electron chi connectivity index (χ1n) is 6.73. The smallest absolute Gasteiger partial charge is 0.0562 e. The third kappa shape index (κ3) is 3.55. The van der Waals surface area contributed by atoms with Gasteiger partial charge in [-0.1, -0.05) is 6.07 Å². The molecule has 0 unspecified atom stereocenters. The Kier molecular flexibility index (Phi) is 3.80. The predicted molar refractivity (Wildman–Crippen MR) is 80.5 cm³/mol. The fourth-order valence-corrected chi connectivity index (χ4v) is 2.82. The van der Waals surface area contributed by atoms with Gasteiger partial charge in [0.1, 0.15) is 0 Å². The summed E-state index contributed by atoms with van der Waals surface area (Å²) in [7, 11) is 2.13. The van der Waals surface area contributed by atoms with Crippen molar-refractivity contribution in [2.24, 2.45) is 0 Å². The molecule has 1 aliphatic carbocycles. The van der Waals surface area contributed by atoms with Gasteiger partial charge in [-0.25, -0.2) is 0 Å². The standard InChI is InChI=1S/C15H19N3S/c1-18(11-15-3-2-8-19-15)14-6-7-16-13(9-14)10-17-12-4-5-12/h2-3,6-9,12,17H,4-5,10-11H2,1H3. The minimum Gasteiger partial charge on any atom is -0.369 e. The van der Waals surface area contributed by atoms with Crippen LogP contribution in [0.3, 0.4) is 0 Å². The summed E-state index contributed by atoms with van der Waals surface area (Å²) in [5, 5.41) is 5.63. The summed E-state index contributed by atoms with van der Waals surface area (Å²) in [5.74, 6) is 0. The summed E-state index contributed by atoms with van der Waals surface area (Å²) < 4.78 is 0. The summed E-state index contributed by atoms with van der Waals surface area (Å²) in [4.78, 5) is 8.09. The van der Waals surface area contributed by atoms with Crippen molar-refractivity contribution in [1.29, 1.82) is 0 Å². The van der Waals surface area contributed by atoms with Crippen molar-refractivity contribution in [1.82, 2.24) is 10.3 Å². The van der Waals surface area contributed by atoms with Crippen LogP contribution >= 0.6 is 11.3 Å². The minimum atomic E-state index is 0.731. The van der Waals surface area contributed by atoms with Crippen molar-refractivity contribution in [2.75, 3.05) is 11.9 Å². The summed E-state index contributed by atoms with van der Waals surface area (Å²) >= 11 is 1.80. The average Bonchev–Trinajstić information content (AvgIpc) is 3.13. The normalized spacial score (nSPS) is 14.6. The number of nitrogens with one attached hydrogen (secondary N) is 1. The minimum absolute atomic E-state index is 0.731. The summed E-state index contributed by atoms with van der Waals surface area (Å²) in [5.41, 5.74) is 2.36. The second kappa shape index (κ2) is 5.72. The number of hydrogen-bond acceptors (Lipinski definition) is 4. The lowest BCUT2D eigenvalue weighted by atomic mass is 10.3. The topological polar surface area (TPSA) is 28.2 Å². The highest BCUT2D eigenvalue weighted by Crippen LogP contribution is 2.21. The largest absolute Gasteiger partial charge is 0.369 e. The first-order valence-corrected chi connectivity index (χ1v) is 7.61. The summed E-state index contributed by atoms with van der Waals surface area (Å²) in [6.07, 6.45) is 4.54. The zero-order chi connectivity index (χ0) is 13.1. The number of thiophene rings is 1. The van der Waals surface area contributed by atoms with E-state index in [2.05, 4.69) is 51.9 Å². The first kappa shape index (κ1) is 12.6. The van der Waals surface area contributed by atoms with Crippen LogP contribution in [-0.2, 0) is 13.1 Å². The molecule has 0 atom stereocenters. The first-order chi connectivity index (χ1) is 9.31. The predicted octanol–water partition coefficient (Wildman–Crippen LogP) is 3.03. The van der Waals surface area contributed by atoms with Crippen molar-refractivity contribution in [3.8, 4) is 0 Å². The van der Waals surface area contributed by atoms with E-state index in [-0.39, 0.29) is 0 Å². The van der Waals surface area contributed by atoms with Crippen molar-refractivity contribution < 1.29 is 0 Å². The summed E-state index contributed by atoms with van der Waals surface area (Å²) in [6, 6.07) is 9.27. The molecular weight excluding hydrogens is 254 g/mol. The third-order valence-electron chi connectivity index (χ3n) is 3.36. The maximum atomic E-state index is 4.43. The van der Waals surface area contributed by atoms with E-state index in [0.29, 0.717) is 0 Å². The molecule has 0 amide bonds. The Morgan fingerprint density at radius 3 is 3.05 bits per heavy atom. The van der Waals surface area contributed by atoms with Gasteiger partial charge in [-0.2, -0.15) is 0 Å². The van der Waals surface area contributed by atoms with Crippen LogP contribution in [0, 0.1) is 0 Å². The van der Waals surface area contributed by atoms with Gasteiger partial charge in [0.15, 0.2) is 0 Å². The Balaban J connectivity index is 1.63. The quantitative estimate of drug-likeness (QED) is 0.877. The molecule has 2 heterocycles. The lowest BCUT2D eigenvalue weighted by molar-refractivity contribution is 0.674. The number of rotatable bonds is 6. The number of anilines is 1. The number of hydrogen-bond donors (Lipinski definition) is 1. The Bertz CT molecular complexity index is 520. The molecule has 1 saturated carbocycles. The molecule has 1 aliphatic rings. The zero-order valence-electron chi connectivity index (χ0n) is 11.2. The van der Waals surface area contributed by atoms with Crippen molar-refractivity contribution in [2.45, 2.75) is 32.0 Å². The number of pyridine rings is 1. The van der Waals surface area contributed by atoms with E-state index < -0.39 is 0 Å². The van der Waals surface area contributed by atoms with Gasteiger partial charge in [-0.15, -0.1) is 11.3 Å². The van der Waals surface area contributed by atoms with Crippen LogP contribution < -0.4 is 10.2 Å². The molecule has 3 nitrogen and oxygen atoms in total. The molecule has 3 rings (SSSR count). The van der Waals surface area contributed by atoms with Crippen LogP contribution in [0.1, 0.15) is 23.4 Å². The molecule has 4 heteroatoms. The molecule has 0 bridgehead atoms. The number of nitrogens with zero attached hydrogens (tertiary/aromatic N) is 2. The van der Waals surface area contributed by atoms with Crippen molar-refractivity contribution >= 4 is 17.0 Å². The summed E-state index contributed by atoms with van der Waals surface area (Å²) in [6.45, 7) is 1.84. The fourth-order valence-electron chi connectivity index (χ4n) is 2.06. The maximum Gasteiger partial charge on any atom is 0.0562 e. The van der Waals surface area contributed by atoms with Gasteiger partial charge in [0.25, 0.3) is 0 Å². The zero-order valence-corrected chi connectivity index (χ0v) is 12.0. The van der Waals surface area contributed by atoms with Gasteiger partial charge in [0, 0.05) is 36.4 Å². The highest BCUT2D eigenvalue weighted by atomic mass is 32.1. The van der Waals surface area contributed by atoms with Crippen LogP contribution in [0.4, 0.5) is 5.69 Å². The lowest BCUT2D eigenvalue weighted by Crippen LogP contribution is -2.18. The van der Waals surface area contributed by atoms with E-state index in [4.69, 9.17) is 0 Å². The molecular formula is C15H19N3S. The maximum absolute atomic E-state index is 4.43. The molecule has 100 valence electrons. The molecule has 1 fully saturated rings. The molecule has 0 saturated heterocycles. The third-order valence-corrected chi connectivity index (χ3v) is 4.22. The Morgan fingerprint density at radius 2 is 2.32 bits per heavy atom. The van der Waals surface area contributed by atoms with Gasteiger partial charge in [-0.3, -0.25) is 4.98 Å². The van der Waals surface area contributed by atoms with E-state index in [1.165, 1.54) is 23.4 Å². The monoisotopic (exact) mass is 273 g/mol. The van der Waals surface area contributed by atoms with Gasteiger partial charge in [0.2, 0.25) is 0 Å². The van der Waals surface area contributed by atoms with Crippen LogP contribution in [0.5, 0.6) is 0 Å². The van der Waals surface area contributed by atoms with Gasteiger partial charge < -0.3 is 10.2 Å². The van der Waals surface area contributed by atoms with E-state index >= 15 is 0 Å². The van der Waals surface area contributed by atoms with Gasteiger partial charge in [0.05, 0.1) is 12.2 Å². The molecule has 0 aromatic carbocycles. The molecule has 2 aromatic heterocycles. The van der Waals surface area contributed by atoms with Crippen molar-refractivity contribution in [3.05, 3.63) is 46.4 Å². The SMILES string of the molecule is CN(Cc1cccs1)c1ccnc(CNC2CC2)c1. The van der Waals surface area contributed by atoms with E-state index in [0.717, 1.165) is 24.8 Å². The molecule has 0 spiro atoms. The van der Waals surface area contributed by atoms with Crippen molar-refractivity contribution in [3.63, 3.8) is 0 Å². The van der Waals surface area contributed by atoms with E-state index in [9.17, 15) is 0 Å². The highest BCUT2D eigenvalue weighted by Gasteiger charge is 2.20. The molecule has 2 aromatic rings. The second-order valence-corrected chi connectivity index (χ2v) is 6.13. The molecule has 19 heavy (non-hydrogen) atoms. The fraction of sp³-hybridized carbons (Fsp3) is 0.400. The Hall–Kier alpha value is -1.39. The van der Waals surface area contributed by atoms with Crippen LogP contribution in [0.15, 0.2) is 35.8 Å². The highest BCUT2D eigenvalue weighted by molar-refractivity contribution is 7.09. The average molecular weight is 273 g/mol. The van der Waals surface area contributed by atoms with E-state index in [1.54, 1.807) is 11.3 Å². The Labute approximate surface area is 118 Å². The van der Waals surface area contributed by atoms with E-state index in [1.807, 2.05) is 6.20 Å². The molecule has 0 radical (unpaired) electrons. The van der Waals surface area contributed by atoms with Crippen LogP contribution in [0.25, 0.3) is 0 Å². The number of aromatic nitrogens is 1. The van der Waals surface area contributed by atoms with Crippen LogP contribution in [-0.4, -0.2) is 18.1 Å². The van der Waals surface area contributed by atoms with Gasteiger partial charge in [-0.05, 0) is 36.4 Å². The van der Waals surface area contributed by atoms with Crippen LogP contribution in [0.2, 0.25) is 0 Å².